The maximum Gasteiger partial charge on any atom is 0.235 e. The predicted molar refractivity (Wildman–Crippen MR) is 141 cm³/mol. The third kappa shape index (κ3) is 8.91. The van der Waals surface area contributed by atoms with E-state index in [0.717, 1.165) is 46.7 Å². The van der Waals surface area contributed by atoms with Crippen molar-refractivity contribution in [3.05, 3.63) is 53.3 Å². The fourth-order valence-electron chi connectivity index (χ4n) is 3.27. The number of alkyl halides is 3. The number of benzene rings is 1. The second kappa shape index (κ2) is 14.4. The molecule has 0 aliphatic heterocycles. The Kier molecular flexibility index (Phi) is 12.3. The molecule has 1 N–H and O–H groups in total. The van der Waals surface area contributed by atoms with Gasteiger partial charge in [0.05, 0.1) is 24.9 Å². The molecule has 0 radical (unpaired) electrons. The Morgan fingerprint density at radius 2 is 1.78 bits per heavy atom. The summed E-state index contributed by atoms with van der Waals surface area (Å²) in [4.78, 5) is 20.8. The van der Waals surface area contributed by atoms with Crippen molar-refractivity contribution in [1.82, 2.24) is 14.9 Å². The van der Waals surface area contributed by atoms with Crippen LogP contribution in [0.5, 0.6) is 5.75 Å². The van der Waals surface area contributed by atoms with Crippen LogP contribution in [0.25, 0.3) is 16.6 Å². The third-order valence-corrected chi connectivity index (χ3v) is 5.70. The smallest absolute Gasteiger partial charge is 0.235 e. The molecule has 1 saturated carbocycles. The number of hydrogen-bond acceptors (Lipinski definition) is 4. The Hall–Kier alpha value is -3.36. The van der Waals surface area contributed by atoms with E-state index in [-0.39, 0.29) is 6.04 Å². The highest BCUT2D eigenvalue weighted by Gasteiger charge is 2.36. The normalized spacial score (nSPS) is 15.8. The number of halogens is 3. The highest BCUT2D eigenvalue weighted by molar-refractivity contribution is 5.81. The van der Waals surface area contributed by atoms with Gasteiger partial charge in [0.1, 0.15) is 18.2 Å². The van der Waals surface area contributed by atoms with Crippen LogP contribution in [0.15, 0.2) is 36.7 Å². The van der Waals surface area contributed by atoms with Crippen LogP contribution in [0, 0.1) is 13.8 Å². The maximum absolute atomic E-state index is 11.7. The molecule has 2 atom stereocenters. The van der Waals surface area contributed by atoms with Crippen molar-refractivity contribution < 1.29 is 27.5 Å². The molecule has 2 aromatic heterocycles. The van der Waals surface area contributed by atoms with Crippen LogP contribution < -0.4 is 10.1 Å². The van der Waals surface area contributed by atoms with Crippen molar-refractivity contribution in [3.63, 3.8) is 0 Å². The molecule has 1 aromatic carbocycles. The zero-order chi connectivity index (χ0) is 28.3. The fraction of sp³-hybridized carbons (Fsp3) is 0.464. The van der Waals surface area contributed by atoms with E-state index in [4.69, 9.17) is 4.74 Å². The lowest BCUT2D eigenvalue weighted by Gasteiger charge is -2.17. The lowest BCUT2D eigenvalue weighted by atomic mass is 9.87. The second-order valence-corrected chi connectivity index (χ2v) is 8.93. The molecule has 3 aromatic rings. The number of carbonyl (C=O) groups is 2. The molecule has 0 spiro atoms. The standard InChI is InChI=1S/C20H22N2O2.C4H6FNO.C2H4F2.C2H6/c1-13-8-15(9-19(24-5)14(13)2)17-10-21-22-11-16(6-7-18(17)22)20(3,4)12-23;5-3-1-4(3)6-2-7;1-2(3)4;1-2/h6-12H,1-5H3;2-4H,1H2,(H,6,7);2H,1H3;1-2H3. The first kappa shape index (κ1) is 31.7. The van der Waals surface area contributed by atoms with E-state index in [1.807, 2.05) is 62.8 Å². The van der Waals surface area contributed by atoms with E-state index >= 15 is 0 Å². The van der Waals surface area contributed by atoms with Crippen molar-refractivity contribution in [2.45, 2.75) is 78.9 Å². The van der Waals surface area contributed by atoms with E-state index < -0.39 is 18.0 Å². The van der Waals surface area contributed by atoms with E-state index in [1.54, 1.807) is 7.11 Å². The van der Waals surface area contributed by atoms with Crippen LogP contribution in [0.3, 0.4) is 0 Å². The van der Waals surface area contributed by atoms with Crippen molar-refractivity contribution in [3.8, 4) is 16.9 Å². The first-order chi connectivity index (χ1) is 17.4. The van der Waals surface area contributed by atoms with E-state index in [9.17, 15) is 22.8 Å². The molecule has 2 heterocycles. The number of aldehydes is 1. The Balaban J connectivity index is 0.000000435. The summed E-state index contributed by atoms with van der Waals surface area (Å²) in [5.41, 5.74) is 5.88. The van der Waals surface area contributed by atoms with Crippen molar-refractivity contribution in [1.29, 1.82) is 0 Å². The number of aromatic nitrogens is 2. The summed E-state index contributed by atoms with van der Waals surface area (Å²) in [6.07, 6.45) is 2.84. The quantitative estimate of drug-likeness (QED) is 0.390. The van der Waals surface area contributed by atoms with Gasteiger partial charge in [0.25, 0.3) is 0 Å². The summed E-state index contributed by atoms with van der Waals surface area (Å²) in [5.74, 6) is 0.878. The van der Waals surface area contributed by atoms with Gasteiger partial charge in [0.15, 0.2) is 0 Å². The zero-order valence-corrected chi connectivity index (χ0v) is 22.8. The molecule has 9 heteroatoms. The Morgan fingerprint density at radius 1 is 1.19 bits per heavy atom. The van der Waals surface area contributed by atoms with E-state index in [2.05, 4.69) is 30.3 Å². The van der Waals surface area contributed by atoms with Crippen molar-refractivity contribution >= 4 is 18.2 Å². The van der Waals surface area contributed by atoms with Gasteiger partial charge in [-0.05, 0) is 69.0 Å². The van der Waals surface area contributed by atoms with Gasteiger partial charge in [-0.2, -0.15) is 5.10 Å². The molecule has 1 aliphatic rings. The topological polar surface area (TPSA) is 72.7 Å². The highest BCUT2D eigenvalue weighted by Crippen LogP contribution is 2.32. The molecular formula is C28H38F3N3O3. The van der Waals surface area contributed by atoms with E-state index in [0.29, 0.717) is 12.8 Å². The fourth-order valence-corrected chi connectivity index (χ4v) is 3.27. The average molecular weight is 522 g/mol. The number of amides is 1. The Morgan fingerprint density at radius 3 is 2.24 bits per heavy atom. The number of aryl methyl sites for hydroxylation is 1. The maximum atomic E-state index is 11.7. The van der Waals surface area contributed by atoms with Crippen molar-refractivity contribution in [2.75, 3.05) is 7.11 Å². The molecule has 0 saturated heterocycles. The van der Waals surface area contributed by atoms with Crippen LogP contribution in [0.4, 0.5) is 13.2 Å². The summed E-state index contributed by atoms with van der Waals surface area (Å²) >= 11 is 0. The number of fused-ring (bicyclic) bond motifs is 1. The van der Waals surface area contributed by atoms with Crippen LogP contribution in [0.1, 0.15) is 57.7 Å². The minimum atomic E-state index is -2.17. The molecule has 1 amide bonds. The molecule has 204 valence electrons. The van der Waals surface area contributed by atoms with Crippen LogP contribution in [-0.2, 0) is 15.0 Å². The lowest BCUT2D eigenvalue weighted by Crippen LogP contribution is -2.19. The monoisotopic (exact) mass is 521 g/mol. The summed E-state index contributed by atoms with van der Waals surface area (Å²) in [5, 5.41) is 6.78. The molecule has 6 nitrogen and oxygen atoms in total. The SMILES string of the molecule is CC.CC(F)F.COc1cc(-c2cnn3cc(C(C)(C)C=O)ccc23)cc(C)c1C.O=CNC1CC1F. The molecule has 1 fully saturated rings. The lowest BCUT2D eigenvalue weighted by molar-refractivity contribution is -0.111. The van der Waals surface area contributed by atoms with Gasteiger partial charge in [-0.15, -0.1) is 0 Å². The van der Waals surface area contributed by atoms with E-state index in [1.165, 1.54) is 5.56 Å². The number of methoxy groups -OCH3 is 1. The van der Waals surface area contributed by atoms with Crippen LogP contribution in [-0.4, -0.2) is 48.1 Å². The van der Waals surface area contributed by atoms with Crippen molar-refractivity contribution in [2.24, 2.45) is 0 Å². The zero-order valence-electron chi connectivity index (χ0n) is 22.8. The molecule has 2 unspecified atom stereocenters. The Labute approximate surface area is 217 Å². The first-order valence-corrected chi connectivity index (χ1v) is 12.2. The molecule has 0 bridgehead atoms. The van der Waals surface area contributed by atoms with Gasteiger partial charge in [-0.3, -0.25) is 4.79 Å². The second-order valence-electron chi connectivity index (χ2n) is 8.93. The third-order valence-electron chi connectivity index (χ3n) is 5.70. The molecule has 37 heavy (non-hydrogen) atoms. The number of pyridine rings is 1. The summed E-state index contributed by atoms with van der Waals surface area (Å²) in [6, 6.07) is 8.04. The number of nitrogens with one attached hydrogen (secondary N) is 1. The largest absolute Gasteiger partial charge is 0.496 e. The van der Waals surface area contributed by atoms with Gasteiger partial charge >= 0.3 is 0 Å². The van der Waals surface area contributed by atoms with Gasteiger partial charge in [-0.1, -0.05) is 26.0 Å². The van der Waals surface area contributed by atoms with Crippen LogP contribution >= 0.6 is 0 Å². The number of ether oxygens (including phenoxy) is 1. The minimum Gasteiger partial charge on any atom is -0.496 e. The number of hydrogen-bond donors (Lipinski definition) is 1. The summed E-state index contributed by atoms with van der Waals surface area (Å²) in [7, 11) is 1.69. The van der Waals surface area contributed by atoms with Gasteiger partial charge in [0, 0.05) is 23.6 Å². The van der Waals surface area contributed by atoms with Crippen LogP contribution in [0.2, 0.25) is 0 Å². The van der Waals surface area contributed by atoms with Gasteiger partial charge < -0.3 is 14.8 Å². The molecule has 4 rings (SSSR count). The van der Waals surface area contributed by atoms with Gasteiger partial charge in [-0.25, -0.2) is 17.7 Å². The first-order valence-electron chi connectivity index (χ1n) is 12.2. The highest BCUT2D eigenvalue weighted by atomic mass is 19.3. The number of carbonyl (C=O) groups excluding carboxylic acids is 2. The Bertz CT molecular complexity index is 1160. The number of nitrogens with zero attached hydrogens (tertiary/aromatic N) is 2. The van der Waals surface area contributed by atoms with Gasteiger partial charge in [0.2, 0.25) is 12.8 Å². The average Bonchev–Trinajstić information content (AvgIpc) is 3.39. The molecular weight excluding hydrogens is 483 g/mol. The minimum absolute atomic E-state index is 0.169. The predicted octanol–water partition coefficient (Wildman–Crippen LogP) is 6.24. The summed E-state index contributed by atoms with van der Waals surface area (Å²) < 4.78 is 39.7. The summed E-state index contributed by atoms with van der Waals surface area (Å²) in [6.45, 7) is 12.8. The molecule has 1 aliphatic carbocycles. The number of rotatable bonds is 6.